The number of nitrogens with one attached hydrogen (secondary N) is 2. The Morgan fingerprint density at radius 1 is 1.32 bits per heavy atom. The number of rotatable bonds is 7. The zero-order valence-corrected chi connectivity index (χ0v) is 14.9. The summed E-state index contributed by atoms with van der Waals surface area (Å²) < 4.78 is 22.4. The van der Waals surface area contributed by atoms with E-state index in [1.807, 2.05) is 13.8 Å². The number of aliphatic hydroxyl groups is 1. The van der Waals surface area contributed by atoms with E-state index in [1.165, 1.54) is 12.7 Å². The highest BCUT2D eigenvalue weighted by molar-refractivity contribution is 7.90. The predicted molar refractivity (Wildman–Crippen MR) is 90.9 cm³/mol. The highest BCUT2D eigenvalue weighted by atomic mass is 32.2. The van der Waals surface area contributed by atoms with Gasteiger partial charge in [-0.25, -0.2) is 8.42 Å². The van der Waals surface area contributed by atoms with Crippen LogP contribution in [0.2, 0.25) is 0 Å². The molecule has 0 aromatic rings. The molecule has 6 nitrogen and oxygen atoms in total. The van der Waals surface area contributed by atoms with Gasteiger partial charge in [-0.1, -0.05) is 19.3 Å². The smallest absolute Gasteiger partial charge is 0.191 e. The van der Waals surface area contributed by atoms with E-state index in [0.717, 1.165) is 32.2 Å². The van der Waals surface area contributed by atoms with E-state index in [4.69, 9.17) is 0 Å². The number of hydrogen-bond acceptors (Lipinski definition) is 4. The van der Waals surface area contributed by atoms with Crippen LogP contribution in [0.5, 0.6) is 0 Å². The predicted octanol–water partition coefficient (Wildman–Crippen LogP) is 1.06. The number of aliphatic imine (C=N–C) groups is 1. The first-order valence-electron chi connectivity index (χ1n) is 8.19. The van der Waals surface area contributed by atoms with Gasteiger partial charge in [-0.3, -0.25) is 4.99 Å². The highest BCUT2D eigenvalue weighted by Gasteiger charge is 2.28. The van der Waals surface area contributed by atoms with Crippen LogP contribution in [0.4, 0.5) is 0 Å². The Morgan fingerprint density at radius 3 is 2.50 bits per heavy atom. The molecule has 1 aliphatic carbocycles. The molecule has 0 radical (unpaired) electrons. The van der Waals surface area contributed by atoms with Crippen molar-refractivity contribution in [3.63, 3.8) is 0 Å². The highest BCUT2D eigenvalue weighted by Crippen LogP contribution is 2.28. The maximum atomic E-state index is 11.2. The van der Waals surface area contributed by atoms with Gasteiger partial charge in [-0.05, 0) is 33.1 Å². The second-order valence-electron chi connectivity index (χ2n) is 6.44. The van der Waals surface area contributed by atoms with Crippen LogP contribution in [0.1, 0.15) is 52.4 Å². The van der Waals surface area contributed by atoms with Crippen molar-refractivity contribution in [1.29, 1.82) is 0 Å². The normalized spacial score (nSPS) is 20.5. The first kappa shape index (κ1) is 19.2. The summed E-state index contributed by atoms with van der Waals surface area (Å²) in [6.07, 6.45) is 6.69. The summed E-state index contributed by atoms with van der Waals surface area (Å²) in [6.45, 7) is 5.03. The van der Waals surface area contributed by atoms with Crippen LogP contribution < -0.4 is 10.6 Å². The fourth-order valence-corrected chi connectivity index (χ4v) is 3.39. The fraction of sp³-hybridized carbons (Fsp3) is 0.933. The van der Waals surface area contributed by atoms with Crippen LogP contribution in [0.15, 0.2) is 4.99 Å². The third-order valence-electron chi connectivity index (χ3n) is 3.96. The minimum absolute atomic E-state index is 0.00789. The van der Waals surface area contributed by atoms with E-state index in [9.17, 15) is 13.5 Å². The van der Waals surface area contributed by atoms with Crippen LogP contribution in [-0.2, 0) is 9.84 Å². The lowest BCUT2D eigenvalue weighted by atomic mass is 9.85. The Morgan fingerprint density at radius 2 is 1.95 bits per heavy atom. The maximum absolute atomic E-state index is 11.2. The zero-order valence-electron chi connectivity index (χ0n) is 14.1. The number of hydrogen-bond donors (Lipinski definition) is 3. The summed E-state index contributed by atoms with van der Waals surface area (Å²) in [6, 6.07) is 0.00789. The van der Waals surface area contributed by atoms with Gasteiger partial charge in [-0.15, -0.1) is 0 Å². The number of sulfone groups is 1. The third-order valence-corrected chi connectivity index (χ3v) is 4.94. The maximum Gasteiger partial charge on any atom is 0.191 e. The molecule has 1 unspecified atom stereocenters. The number of guanidine groups is 1. The van der Waals surface area contributed by atoms with Gasteiger partial charge in [0.1, 0.15) is 9.84 Å². The molecule has 1 saturated carbocycles. The molecule has 0 saturated heterocycles. The number of nitrogens with zero attached hydrogens (tertiary/aromatic N) is 1. The Kier molecular flexibility index (Phi) is 7.62. The molecule has 0 aromatic carbocycles. The lowest BCUT2D eigenvalue weighted by Crippen LogP contribution is -2.44. The van der Waals surface area contributed by atoms with Crippen molar-refractivity contribution in [1.82, 2.24) is 10.6 Å². The zero-order chi connectivity index (χ0) is 16.6. The van der Waals surface area contributed by atoms with Gasteiger partial charge in [0.05, 0.1) is 17.9 Å². The van der Waals surface area contributed by atoms with Crippen LogP contribution in [0, 0.1) is 0 Å². The molecule has 130 valence electrons. The second kappa shape index (κ2) is 8.72. The molecule has 0 aliphatic heterocycles. The second-order valence-corrected chi connectivity index (χ2v) is 8.70. The standard InChI is InChI=1S/C15H31N3O3S/c1-4-16-14(18-13(2)8-11-22(3,20)21)17-12-15(19)9-6-5-7-10-15/h13,19H,4-12H2,1-3H3,(H2,16,17,18). The van der Waals surface area contributed by atoms with Crippen LogP contribution >= 0.6 is 0 Å². The van der Waals surface area contributed by atoms with Crippen LogP contribution in [-0.4, -0.2) is 56.2 Å². The van der Waals surface area contributed by atoms with Crippen molar-refractivity contribution in [2.75, 3.05) is 25.1 Å². The van der Waals surface area contributed by atoms with Gasteiger partial charge in [0, 0.05) is 18.8 Å². The van der Waals surface area contributed by atoms with Crippen molar-refractivity contribution < 1.29 is 13.5 Å². The quantitative estimate of drug-likeness (QED) is 0.479. The van der Waals surface area contributed by atoms with Crippen molar-refractivity contribution in [2.45, 2.75) is 64.0 Å². The molecule has 1 rings (SSSR count). The SMILES string of the molecule is CCNC(=NCC1(O)CCCCC1)NC(C)CCS(C)(=O)=O. The first-order chi connectivity index (χ1) is 10.2. The van der Waals surface area contributed by atoms with Crippen molar-refractivity contribution in [2.24, 2.45) is 4.99 Å². The van der Waals surface area contributed by atoms with Gasteiger partial charge in [0.25, 0.3) is 0 Å². The summed E-state index contributed by atoms with van der Waals surface area (Å²) in [5.41, 5.74) is -0.684. The molecule has 1 fully saturated rings. The largest absolute Gasteiger partial charge is 0.388 e. The molecule has 0 spiro atoms. The summed E-state index contributed by atoms with van der Waals surface area (Å²) >= 11 is 0. The Hall–Kier alpha value is -0.820. The monoisotopic (exact) mass is 333 g/mol. The van der Waals surface area contributed by atoms with Gasteiger partial charge in [0.2, 0.25) is 0 Å². The fourth-order valence-electron chi connectivity index (χ4n) is 2.61. The molecular formula is C15H31N3O3S. The van der Waals surface area contributed by atoms with E-state index in [0.29, 0.717) is 18.9 Å². The Labute approximate surface area is 134 Å². The molecule has 0 amide bonds. The third kappa shape index (κ3) is 7.98. The van der Waals surface area contributed by atoms with E-state index in [1.54, 1.807) is 0 Å². The molecule has 1 aliphatic rings. The van der Waals surface area contributed by atoms with Gasteiger partial charge >= 0.3 is 0 Å². The summed E-state index contributed by atoms with van der Waals surface area (Å²) in [5.74, 6) is 0.798. The van der Waals surface area contributed by atoms with Gasteiger partial charge in [-0.2, -0.15) is 0 Å². The minimum Gasteiger partial charge on any atom is -0.388 e. The molecular weight excluding hydrogens is 302 g/mol. The van der Waals surface area contributed by atoms with E-state index < -0.39 is 15.4 Å². The molecule has 0 heterocycles. The molecule has 0 bridgehead atoms. The summed E-state index contributed by atoms with van der Waals surface area (Å²) in [7, 11) is -2.95. The van der Waals surface area contributed by atoms with Gasteiger partial charge < -0.3 is 15.7 Å². The van der Waals surface area contributed by atoms with Crippen molar-refractivity contribution in [3.8, 4) is 0 Å². The minimum atomic E-state index is -2.95. The molecule has 0 aromatic heterocycles. The average Bonchev–Trinajstić information content (AvgIpc) is 2.43. The van der Waals surface area contributed by atoms with Crippen LogP contribution in [0.25, 0.3) is 0 Å². The van der Waals surface area contributed by atoms with E-state index >= 15 is 0 Å². The molecule has 3 N–H and O–H groups in total. The summed E-state index contributed by atoms with van der Waals surface area (Å²) in [4.78, 5) is 4.49. The Balaban J connectivity index is 2.54. The molecule has 7 heteroatoms. The van der Waals surface area contributed by atoms with Crippen molar-refractivity contribution >= 4 is 15.8 Å². The van der Waals surface area contributed by atoms with Gasteiger partial charge in [0.15, 0.2) is 5.96 Å². The van der Waals surface area contributed by atoms with E-state index in [-0.39, 0.29) is 11.8 Å². The first-order valence-corrected chi connectivity index (χ1v) is 10.2. The summed E-state index contributed by atoms with van der Waals surface area (Å²) in [5, 5.41) is 16.8. The Bertz CT molecular complexity index is 457. The molecule has 22 heavy (non-hydrogen) atoms. The topological polar surface area (TPSA) is 90.8 Å². The average molecular weight is 333 g/mol. The lowest BCUT2D eigenvalue weighted by molar-refractivity contribution is 0.0131. The van der Waals surface area contributed by atoms with E-state index in [2.05, 4.69) is 15.6 Å². The van der Waals surface area contributed by atoms with Crippen molar-refractivity contribution in [3.05, 3.63) is 0 Å². The van der Waals surface area contributed by atoms with Crippen LogP contribution in [0.3, 0.4) is 0 Å². The molecule has 1 atom stereocenters. The lowest BCUT2D eigenvalue weighted by Gasteiger charge is -2.30.